The highest BCUT2D eigenvalue weighted by molar-refractivity contribution is 6.30. The summed E-state index contributed by atoms with van der Waals surface area (Å²) < 4.78 is 18.9. The molecule has 2 rings (SSSR count). The zero-order valence-corrected chi connectivity index (χ0v) is 11.1. The van der Waals surface area contributed by atoms with Gasteiger partial charge in [0.1, 0.15) is 18.2 Å². The van der Waals surface area contributed by atoms with Gasteiger partial charge >= 0.3 is 0 Å². The molecule has 0 bridgehead atoms. The van der Waals surface area contributed by atoms with Gasteiger partial charge in [0, 0.05) is 16.1 Å². The molecule has 4 nitrogen and oxygen atoms in total. The van der Waals surface area contributed by atoms with E-state index in [2.05, 4.69) is 5.16 Å². The van der Waals surface area contributed by atoms with Crippen molar-refractivity contribution in [2.75, 3.05) is 0 Å². The van der Waals surface area contributed by atoms with Gasteiger partial charge in [-0.05, 0) is 42.5 Å². The molecule has 20 heavy (non-hydrogen) atoms. The number of oxime groups is 1. The van der Waals surface area contributed by atoms with E-state index in [1.807, 2.05) is 0 Å². The second-order valence-electron chi connectivity index (χ2n) is 4.03. The van der Waals surface area contributed by atoms with E-state index in [1.165, 1.54) is 18.2 Å². The first-order valence-electron chi connectivity index (χ1n) is 5.75. The van der Waals surface area contributed by atoms with Crippen molar-refractivity contribution in [3.8, 4) is 5.75 Å². The van der Waals surface area contributed by atoms with Crippen molar-refractivity contribution >= 4 is 17.4 Å². The average Bonchev–Trinajstić information content (AvgIpc) is 2.48. The Morgan fingerprint density at radius 3 is 2.60 bits per heavy atom. The molecule has 6 heteroatoms. The smallest absolute Gasteiger partial charge is 0.170 e. The zero-order valence-electron chi connectivity index (χ0n) is 10.4. The monoisotopic (exact) mass is 294 g/mol. The topological polar surface area (TPSA) is 67.8 Å². The van der Waals surface area contributed by atoms with Crippen LogP contribution in [0.1, 0.15) is 11.1 Å². The molecular weight excluding hydrogens is 283 g/mol. The molecule has 0 saturated carbocycles. The standard InChI is InChI=1S/C14H12ClFN2O2/c15-11-3-6-13(16)10(7-11)8-20-12-4-1-9(2-5-12)14(17)18-19/h1-7,19H,8H2,(H2,17,18). The minimum atomic E-state index is -0.373. The predicted molar refractivity (Wildman–Crippen MR) is 74.7 cm³/mol. The molecule has 0 heterocycles. The summed E-state index contributed by atoms with van der Waals surface area (Å²) in [6.07, 6.45) is 0. The number of hydrogen-bond acceptors (Lipinski definition) is 3. The molecule has 0 radical (unpaired) electrons. The predicted octanol–water partition coefficient (Wildman–Crippen LogP) is 3.15. The molecule has 0 aliphatic rings. The van der Waals surface area contributed by atoms with E-state index in [0.29, 0.717) is 21.9 Å². The fourth-order valence-electron chi connectivity index (χ4n) is 1.59. The molecule has 2 aromatic carbocycles. The lowest BCUT2D eigenvalue weighted by Gasteiger charge is -2.08. The SMILES string of the molecule is N/C(=N/O)c1ccc(OCc2cc(Cl)ccc2F)cc1. The summed E-state index contributed by atoms with van der Waals surface area (Å²) in [7, 11) is 0. The second kappa shape index (κ2) is 6.25. The van der Waals surface area contributed by atoms with Gasteiger partial charge in [0.05, 0.1) is 0 Å². The Kier molecular flexibility index (Phi) is 4.42. The number of nitrogens with zero attached hydrogens (tertiary/aromatic N) is 1. The zero-order chi connectivity index (χ0) is 14.5. The van der Waals surface area contributed by atoms with Crippen molar-refractivity contribution < 1.29 is 14.3 Å². The summed E-state index contributed by atoms with van der Waals surface area (Å²) >= 11 is 5.80. The first-order valence-corrected chi connectivity index (χ1v) is 6.12. The Bertz CT molecular complexity index is 630. The van der Waals surface area contributed by atoms with E-state index < -0.39 is 0 Å². The van der Waals surface area contributed by atoms with Crippen LogP contribution in [0.2, 0.25) is 5.02 Å². The van der Waals surface area contributed by atoms with Gasteiger partial charge in [-0.3, -0.25) is 0 Å². The minimum absolute atomic E-state index is 0.0115. The van der Waals surface area contributed by atoms with Gasteiger partial charge in [0.2, 0.25) is 0 Å². The molecule has 3 N–H and O–H groups in total. The highest BCUT2D eigenvalue weighted by atomic mass is 35.5. The number of rotatable bonds is 4. The average molecular weight is 295 g/mol. The fraction of sp³-hybridized carbons (Fsp3) is 0.0714. The summed E-state index contributed by atoms with van der Waals surface area (Å²) in [5, 5.41) is 11.9. The Labute approximate surface area is 120 Å². The summed E-state index contributed by atoms with van der Waals surface area (Å²) in [6, 6.07) is 10.9. The van der Waals surface area contributed by atoms with Crippen LogP contribution in [0.15, 0.2) is 47.6 Å². The number of amidine groups is 1. The second-order valence-corrected chi connectivity index (χ2v) is 4.47. The van der Waals surface area contributed by atoms with Gasteiger partial charge < -0.3 is 15.7 Å². The lowest BCUT2D eigenvalue weighted by molar-refractivity contribution is 0.300. The fourth-order valence-corrected chi connectivity index (χ4v) is 1.79. The van der Waals surface area contributed by atoms with Crippen molar-refractivity contribution in [2.24, 2.45) is 10.9 Å². The van der Waals surface area contributed by atoms with Crippen molar-refractivity contribution in [1.82, 2.24) is 0 Å². The molecule has 0 atom stereocenters. The maximum absolute atomic E-state index is 13.5. The van der Waals surface area contributed by atoms with Crippen LogP contribution in [0.25, 0.3) is 0 Å². The van der Waals surface area contributed by atoms with Gasteiger partial charge in [0.25, 0.3) is 0 Å². The molecule has 0 aliphatic carbocycles. The third-order valence-corrected chi connectivity index (χ3v) is 2.90. The van der Waals surface area contributed by atoms with E-state index >= 15 is 0 Å². The summed E-state index contributed by atoms with van der Waals surface area (Å²) in [5.41, 5.74) is 6.38. The van der Waals surface area contributed by atoms with Crippen LogP contribution in [0.5, 0.6) is 5.75 Å². The molecule has 0 aromatic heterocycles. The highest BCUT2D eigenvalue weighted by Crippen LogP contribution is 2.18. The quantitative estimate of drug-likeness (QED) is 0.394. The van der Waals surface area contributed by atoms with Gasteiger partial charge in [0.15, 0.2) is 5.84 Å². The molecule has 0 spiro atoms. The Morgan fingerprint density at radius 2 is 1.95 bits per heavy atom. The normalized spacial score (nSPS) is 11.4. The molecule has 0 unspecified atom stereocenters. The Morgan fingerprint density at radius 1 is 1.25 bits per heavy atom. The summed E-state index contributed by atoms with van der Waals surface area (Å²) in [5.74, 6) is 0.180. The first kappa shape index (κ1) is 14.1. The number of benzene rings is 2. The van der Waals surface area contributed by atoms with E-state index in [9.17, 15) is 4.39 Å². The van der Waals surface area contributed by atoms with Crippen LogP contribution in [-0.2, 0) is 6.61 Å². The van der Waals surface area contributed by atoms with E-state index in [-0.39, 0.29) is 18.3 Å². The molecule has 0 aliphatic heterocycles. The number of halogens is 2. The lowest BCUT2D eigenvalue weighted by atomic mass is 10.2. The molecule has 0 saturated heterocycles. The Balaban J connectivity index is 2.06. The third kappa shape index (κ3) is 3.39. The summed E-state index contributed by atoms with van der Waals surface area (Å²) in [6.45, 7) is 0.0648. The maximum atomic E-state index is 13.5. The first-order chi connectivity index (χ1) is 9.60. The van der Waals surface area contributed by atoms with Gasteiger partial charge in [-0.25, -0.2) is 4.39 Å². The van der Waals surface area contributed by atoms with Crippen LogP contribution in [-0.4, -0.2) is 11.0 Å². The van der Waals surface area contributed by atoms with Crippen molar-refractivity contribution in [1.29, 1.82) is 0 Å². The van der Waals surface area contributed by atoms with Crippen LogP contribution in [0.3, 0.4) is 0 Å². The van der Waals surface area contributed by atoms with E-state index in [4.69, 9.17) is 27.3 Å². The van der Waals surface area contributed by atoms with Crippen LogP contribution >= 0.6 is 11.6 Å². The minimum Gasteiger partial charge on any atom is -0.489 e. The molecule has 2 aromatic rings. The number of hydrogen-bond donors (Lipinski definition) is 2. The lowest BCUT2D eigenvalue weighted by Crippen LogP contribution is -2.12. The van der Waals surface area contributed by atoms with Crippen molar-refractivity contribution in [3.05, 3.63) is 64.4 Å². The maximum Gasteiger partial charge on any atom is 0.170 e. The third-order valence-electron chi connectivity index (χ3n) is 2.66. The highest BCUT2D eigenvalue weighted by Gasteiger charge is 2.05. The summed E-state index contributed by atoms with van der Waals surface area (Å²) in [4.78, 5) is 0. The largest absolute Gasteiger partial charge is 0.489 e. The molecular formula is C14H12ClFN2O2. The molecule has 104 valence electrons. The number of nitrogens with two attached hydrogens (primary N) is 1. The van der Waals surface area contributed by atoms with Gasteiger partial charge in [-0.1, -0.05) is 16.8 Å². The van der Waals surface area contributed by atoms with E-state index in [0.717, 1.165) is 0 Å². The van der Waals surface area contributed by atoms with Crippen LogP contribution in [0.4, 0.5) is 4.39 Å². The van der Waals surface area contributed by atoms with Gasteiger partial charge in [-0.15, -0.1) is 0 Å². The van der Waals surface area contributed by atoms with Crippen LogP contribution < -0.4 is 10.5 Å². The Hall–Kier alpha value is -2.27. The molecule has 0 fully saturated rings. The number of ether oxygens (including phenoxy) is 1. The van der Waals surface area contributed by atoms with Crippen molar-refractivity contribution in [3.63, 3.8) is 0 Å². The van der Waals surface area contributed by atoms with Crippen molar-refractivity contribution in [2.45, 2.75) is 6.61 Å². The molecule has 0 amide bonds. The van der Waals surface area contributed by atoms with Gasteiger partial charge in [-0.2, -0.15) is 0 Å². The van der Waals surface area contributed by atoms with E-state index in [1.54, 1.807) is 24.3 Å². The van der Waals surface area contributed by atoms with Crippen LogP contribution in [0, 0.1) is 5.82 Å².